The molecule has 0 saturated heterocycles. The van der Waals surface area contributed by atoms with Crippen molar-refractivity contribution in [3.8, 4) is 5.75 Å². The Kier molecular flexibility index (Phi) is 3.87. The van der Waals surface area contributed by atoms with Crippen LogP contribution < -0.4 is 15.8 Å². The molecule has 4 heteroatoms. The largest absolute Gasteiger partial charge is 0.491 e. The summed E-state index contributed by atoms with van der Waals surface area (Å²) >= 11 is 0. The number of rotatable bonds is 6. The van der Waals surface area contributed by atoms with Gasteiger partial charge in [0.2, 0.25) is 5.91 Å². The first kappa shape index (κ1) is 12.9. The molecule has 0 heterocycles. The van der Waals surface area contributed by atoms with Crippen LogP contribution in [0.4, 0.5) is 0 Å². The number of ether oxygens (including phenoxy) is 1. The topological polar surface area (TPSA) is 64.3 Å². The molecule has 0 aromatic heterocycles. The highest BCUT2D eigenvalue weighted by molar-refractivity contribution is 5.81. The number of carbonyl (C=O) groups excluding carboxylic acids is 1. The molecule has 1 amide bonds. The van der Waals surface area contributed by atoms with E-state index in [0.29, 0.717) is 6.04 Å². The van der Waals surface area contributed by atoms with Gasteiger partial charge in [0, 0.05) is 6.04 Å². The number of hydrogen-bond donors (Lipinski definition) is 2. The van der Waals surface area contributed by atoms with E-state index in [0.717, 1.165) is 24.2 Å². The molecule has 1 aromatic rings. The number of hydrogen-bond acceptors (Lipinski definition) is 3. The van der Waals surface area contributed by atoms with E-state index in [4.69, 9.17) is 10.5 Å². The van der Waals surface area contributed by atoms with Gasteiger partial charge in [0.25, 0.3) is 0 Å². The van der Waals surface area contributed by atoms with Gasteiger partial charge in [-0.05, 0) is 44.4 Å². The van der Waals surface area contributed by atoms with Crippen molar-refractivity contribution >= 4 is 5.91 Å². The van der Waals surface area contributed by atoms with Gasteiger partial charge in [-0.2, -0.15) is 0 Å². The van der Waals surface area contributed by atoms with Crippen LogP contribution in [0.3, 0.4) is 0 Å². The first-order valence-corrected chi connectivity index (χ1v) is 6.38. The minimum atomic E-state index is -0.398. The average Bonchev–Trinajstić information content (AvgIpc) is 3.10. The molecule has 0 aliphatic heterocycles. The first-order valence-electron chi connectivity index (χ1n) is 6.38. The third-order valence-electron chi connectivity index (χ3n) is 2.85. The Balaban J connectivity index is 2.07. The minimum Gasteiger partial charge on any atom is -0.491 e. The second kappa shape index (κ2) is 5.40. The number of amides is 1. The molecule has 1 aliphatic rings. The van der Waals surface area contributed by atoms with Crippen molar-refractivity contribution < 1.29 is 9.53 Å². The Morgan fingerprint density at radius 2 is 1.94 bits per heavy atom. The van der Waals surface area contributed by atoms with E-state index in [9.17, 15) is 4.79 Å². The van der Waals surface area contributed by atoms with Crippen molar-refractivity contribution in [1.82, 2.24) is 5.32 Å². The third-order valence-corrected chi connectivity index (χ3v) is 2.85. The summed E-state index contributed by atoms with van der Waals surface area (Å²) in [5, 5.41) is 3.25. The first-order chi connectivity index (χ1) is 8.56. The van der Waals surface area contributed by atoms with E-state index >= 15 is 0 Å². The molecular weight excluding hydrogens is 228 g/mol. The van der Waals surface area contributed by atoms with E-state index in [1.165, 1.54) is 0 Å². The quantitative estimate of drug-likeness (QED) is 0.806. The van der Waals surface area contributed by atoms with Crippen molar-refractivity contribution in [3.05, 3.63) is 29.8 Å². The van der Waals surface area contributed by atoms with E-state index in [1.807, 2.05) is 38.1 Å². The number of nitrogens with one attached hydrogen (secondary N) is 1. The molecule has 1 atom stereocenters. The molecule has 0 bridgehead atoms. The highest BCUT2D eigenvalue weighted by Crippen LogP contribution is 2.25. The maximum absolute atomic E-state index is 11.5. The Morgan fingerprint density at radius 3 is 2.39 bits per heavy atom. The molecule has 0 spiro atoms. The summed E-state index contributed by atoms with van der Waals surface area (Å²) in [6.07, 6.45) is 2.39. The summed E-state index contributed by atoms with van der Waals surface area (Å²) in [4.78, 5) is 11.5. The van der Waals surface area contributed by atoms with Crippen molar-refractivity contribution in [1.29, 1.82) is 0 Å². The number of nitrogens with two attached hydrogens (primary N) is 1. The van der Waals surface area contributed by atoms with Crippen LogP contribution in [-0.4, -0.2) is 18.1 Å². The molecule has 18 heavy (non-hydrogen) atoms. The summed E-state index contributed by atoms with van der Waals surface area (Å²) in [5.41, 5.74) is 6.32. The Hall–Kier alpha value is -1.55. The van der Waals surface area contributed by atoms with Crippen molar-refractivity contribution in [2.75, 3.05) is 0 Å². The SMILES string of the molecule is CC(C)Oc1ccc(C(NC2CC2)C(N)=O)cc1. The van der Waals surface area contributed by atoms with Gasteiger partial charge in [-0.3, -0.25) is 10.1 Å². The molecule has 1 aromatic carbocycles. The Labute approximate surface area is 108 Å². The number of carbonyl (C=O) groups is 1. The molecule has 1 saturated carbocycles. The smallest absolute Gasteiger partial charge is 0.239 e. The molecule has 98 valence electrons. The van der Waals surface area contributed by atoms with E-state index in [2.05, 4.69) is 5.32 Å². The molecule has 1 unspecified atom stereocenters. The zero-order valence-corrected chi connectivity index (χ0v) is 10.8. The zero-order valence-electron chi connectivity index (χ0n) is 10.8. The molecular formula is C14H20N2O2. The van der Waals surface area contributed by atoms with Gasteiger partial charge in [0.1, 0.15) is 11.8 Å². The summed E-state index contributed by atoms with van der Waals surface area (Å²) in [5.74, 6) is 0.475. The second-order valence-electron chi connectivity index (χ2n) is 5.01. The van der Waals surface area contributed by atoms with E-state index in [1.54, 1.807) is 0 Å². The van der Waals surface area contributed by atoms with Gasteiger partial charge in [-0.1, -0.05) is 12.1 Å². The van der Waals surface area contributed by atoms with Crippen molar-refractivity contribution in [3.63, 3.8) is 0 Å². The van der Waals surface area contributed by atoms with Crippen LogP contribution in [0.25, 0.3) is 0 Å². The zero-order chi connectivity index (χ0) is 13.1. The molecule has 1 fully saturated rings. The van der Waals surface area contributed by atoms with Crippen LogP contribution in [0, 0.1) is 0 Å². The third kappa shape index (κ3) is 3.47. The highest BCUT2D eigenvalue weighted by Gasteiger charge is 2.28. The van der Waals surface area contributed by atoms with Crippen LogP contribution in [0.15, 0.2) is 24.3 Å². The molecule has 4 nitrogen and oxygen atoms in total. The van der Waals surface area contributed by atoms with Gasteiger partial charge in [0.15, 0.2) is 0 Å². The van der Waals surface area contributed by atoms with Gasteiger partial charge < -0.3 is 10.5 Å². The highest BCUT2D eigenvalue weighted by atomic mass is 16.5. The maximum Gasteiger partial charge on any atom is 0.239 e. The lowest BCUT2D eigenvalue weighted by molar-refractivity contribution is -0.120. The lowest BCUT2D eigenvalue weighted by Gasteiger charge is -2.16. The average molecular weight is 248 g/mol. The van der Waals surface area contributed by atoms with Crippen molar-refractivity contribution in [2.24, 2.45) is 5.73 Å². The van der Waals surface area contributed by atoms with E-state index in [-0.39, 0.29) is 12.0 Å². The lowest BCUT2D eigenvalue weighted by atomic mass is 10.1. The predicted octanol–water partition coefficient (Wildman–Crippen LogP) is 1.75. The van der Waals surface area contributed by atoms with Gasteiger partial charge in [0.05, 0.1) is 6.10 Å². The molecule has 3 N–H and O–H groups in total. The molecule has 2 rings (SSSR count). The number of benzene rings is 1. The normalized spacial score (nSPS) is 16.6. The van der Waals surface area contributed by atoms with Gasteiger partial charge in [-0.25, -0.2) is 0 Å². The van der Waals surface area contributed by atoms with Crippen LogP contribution >= 0.6 is 0 Å². The summed E-state index contributed by atoms with van der Waals surface area (Å²) in [6.45, 7) is 3.96. The Morgan fingerprint density at radius 1 is 1.33 bits per heavy atom. The maximum atomic E-state index is 11.5. The standard InChI is InChI=1S/C14H20N2O2/c1-9(2)18-12-7-3-10(4-8-12)13(14(15)17)16-11-5-6-11/h3-4,7-9,11,13,16H,5-6H2,1-2H3,(H2,15,17). The van der Waals surface area contributed by atoms with Gasteiger partial charge in [-0.15, -0.1) is 0 Å². The van der Waals surface area contributed by atoms with Crippen LogP contribution in [0.2, 0.25) is 0 Å². The second-order valence-corrected chi connectivity index (χ2v) is 5.01. The summed E-state index contributed by atoms with van der Waals surface area (Å²) < 4.78 is 5.57. The minimum absolute atomic E-state index is 0.146. The fourth-order valence-corrected chi connectivity index (χ4v) is 1.84. The van der Waals surface area contributed by atoms with Crippen LogP contribution in [0.1, 0.15) is 38.3 Å². The van der Waals surface area contributed by atoms with Crippen LogP contribution in [0.5, 0.6) is 5.75 Å². The molecule has 1 aliphatic carbocycles. The van der Waals surface area contributed by atoms with Crippen LogP contribution in [-0.2, 0) is 4.79 Å². The fourth-order valence-electron chi connectivity index (χ4n) is 1.84. The Bertz CT molecular complexity index is 410. The number of primary amides is 1. The van der Waals surface area contributed by atoms with E-state index < -0.39 is 6.04 Å². The predicted molar refractivity (Wildman–Crippen MR) is 70.3 cm³/mol. The van der Waals surface area contributed by atoms with Crippen molar-refractivity contribution in [2.45, 2.75) is 44.9 Å². The molecule has 0 radical (unpaired) electrons. The lowest BCUT2D eigenvalue weighted by Crippen LogP contribution is -2.34. The monoisotopic (exact) mass is 248 g/mol. The summed E-state index contributed by atoms with van der Waals surface area (Å²) in [6, 6.07) is 7.57. The van der Waals surface area contributed by atoms with Gasteiger partial charge >= 0.3 is 0 Å². The fraction of sp³-hybridized carbons (Fsp3) is 0.500. The summed E-state index contributed by atoms with van der Waals surface area (Å²) in [7, 11) is 0.